The van der Waals surface area contributed by atoms with Gasteiger partial charge >= 0.3 is 5.97 Å². The molecule has 2 N–H and O–H groups in total. The number of nitrogens with one attached hydrogen (secondary N) is 2. The van der Waals surface area contributed by atoms with E-state index in [2.05, 4.69) is 20.1 Å². The van der Waals surface area contributed by atoms with Gasteiger partial charge in [-0.25, -0.2) is 4.39 Å². The van der Waals surface area contributed by atoms with Gasteiger partial charge in [0.2, 0.25) is 5.91 Å². The van der Waals surface area contributed by atoms with E-state index in [1.165, 1.54) is 24.1 Å². The van der Waals surface area contributed by atoms with Gasteiger partial charge in [-0.05, 0) is 43.2 Å². The molecule has 0 saturated heterocycles. The summed E-state index contributed by atoms with van der Waals surface area (Å²) in [5.41, 5.74) is 1.82. The van der Waals surface area contributed by atoms with Gasteiger partial charge in [0, 0.05) is 30.1 Å². The Balaban J connectivity index is 1.49. The van der Waals surface area contributed by atoms with Crippen LogP contribution in [0.4, 0.5) is 10.1 Å². The molecule has 8 nitrogen and oxygen atoms in total. The molecule has 0 fully saturated rings. The average Bonchev–Trinajstić information content (AvgIpc) is 3.14. The summed E-state index contributed by atoms with van der Waals surface area (Å²) >= 11 is 0. The maximum atomic E-state index is 14.0. The summed E-state index contributed by atoms with van der Waals surface area (Å²) in [6.45, 7) is 0. The highest BCUT2D eigenvalue weighted by Gasteiger charge is 2.20. The Morgan fingerprint density at radius 1 is 1.12 bits per heavy atom. The van der Waals surface area contributed by atoms with Crippen LogP contribution in [0.25, 0.3) is 27.8 Å². The third-order valence-electron chi connectivity index (χ3n) is 5.17. The monoisotopic (exact) mass is 436 g/mol. The zero-order valence-electron chi connectivity index (χ0n) is 17.4. The first-order chi connectivity index (χ1) is 15.5. The smallest absolute Gasteiger partial charge is 0.305 e. The minimum Gasteiger partial charge on any atom is -0.469 e. The number of aromatic nitrogens is 3. The second-order valence-electron chi connectivity index (χ2n) is 7.31. The van der Waals surface area contributed by atoms with Crippen molar-refractivity contribution in [3.63, 3.8) is 0 Å². The largest absolute Gasteiger partial charge is 0.469 e. The number of fused-ring (bicyclic) bond motifs is 3. The Morgan fingerprint density at radius 3 is 2.62 bits per heavy atom. The van der Waals surface area contributed by atoms with Crippen molar-refractivity contribution in [2.45, 2.75) is 25.7 Å². The van der Waals surface area contributed by atoms with Crippen LogP contribution in [0.5, 0.6) is 0 Å². The first-order valence-corrected chi connectivity index (χ1v) is 10.1. The molecule has 0 unspecified atom stereocenters. The second kappa shape index (κ2) is 9.01. The lowest BCUT2D eigenvalue weighted by atomic mass is 10.1. The number of rotatable bonds is 7. The van der Waals surface area contributed by atoms with E-state index in [0.29, 0.717) is 40.9 Å². The normalized spacial score (nSPS) is 11.1. The summed E-state index contributed by atoms with van der Waals surface area (Å²) in [7, 11) is 1.33. The number of halogens is 1. The Hall–Kier alpha value is -4.01. The number of carbonyl (C=O) groups is 2. The molecule has 0 bridgehead atoms. The van der Waals surface area contributed by atoms with E-state index < -0.39 is 5.82 Å². The van der Waals surface area contributed by atoms with Gasteiger partial charge in [0.15, 0.2) is 0 Å². The number of methoxy groups -OCH3 is 1. The number of hydrogen-bond acceptors (Lipinski definition) is 5. The van der Waals surface area contributed by atoms with E-state index >= 15 is 0 Å². The number of esters is 1. The van der Waals surface area contributed by atoms with E-state index in [-0.39, 0.29) is 35.8 Å². The highest BCUT2D eigenvalue weighted by molar-refractivity contribution is 5.93. The summed E-state index contributed by atoms with van der Waals surface area (Å²) in [5.74, 6) is -0.876. The molecular formula is C23H21FN4O4. The van der Waals surface area contributed by atoms with Crippen molar-refractivity contribution in [3.8, 4) is 16.9 Å². The molecule has 164 valence electrons. The molecule has 2 heterocycles. The van der Waals surface area contributed by atoms with E-state index in [4.69, 9.17) is 0 Å². The lowest BCUT2D eigenvalue weighted by Crippen LogP contribution is -2.15. The zero-order valence-corrected chi connectivity index (χ0v) is 17.4. The van der Waals surface area contributed by atoms with E-state index in [0.717, 1.165) is 0 Å². The number of anilines is 1. The highest BCUT2D eigenvalue weighted by atomic mass is 19.1. The summed E-state index contributed by atoms with van der Waals surface area (Å²) in [6.07, 6.45) is 3.18. The summed E-state index contributed by atoms with van der Waals surface area (Å²) < 4.78 is 19.9. The molecule has 32 heavy (non-hydrogen) atoms. The number of unbranched alkanes of at least 4 members (excludes halogenated alkanes) is 1. The topological polar surface area (TPSA) is 106 Å². The van der Waals surface area contributed by atoms with Crippen LogP contribution in [0.2, 0.25) is 0 Å². The Kier molecular flexibility index (Phi) is 5.98. The van der Waals surface area contributed by atoms with Crippen LogP contribution in [-0.2, 0) is 14.3 Å². The number of pyridine rings is 1. The lowest BCUT2D eigenvalue weighted by Gasteiger charge is -2.06. The van der Waals surface area contributed by atoms with Crippen LogP contribution in [0.1, 0.15) is 25.7 Å². The number of nitrogens with zero attached hydrogens (tertiary/aromatic N) is 2. The first-order valence-electron chi connectivity index (χ1n) is 10.1. The van der Waals surface area contributed by atoms with Crippen molar-refractivity contribution in [1.82, 2.24) is 14.8 Å². The highest BCUT2D eigenvalue weighted by Crippen LogP contribution is 2.27. The van der Waals surface area contributed by atoms with Crippen LogP contribution in [0, 0.1) is 5.82 Å². The van der Waals surface area contributed by atoms with Gasteiger partial charge in [0.1, 0.15) is 11.5 Å². The Bertz CT molecular complexity index is 1310. The fourth-order valence-corrected chi connectivity index (χ4v) is 3.50. The third kappa shape index (κ3) is 4.22. The molecule has 0 saturated carbocycles. The van der Waals surface area contributed by atoms with Gasteiger partial charge in [0.25, 0.3) is 5.56 Å². The summed E-state index contributed by atoms with van der Waals surface area (Å²) in [4.78, 5) is 38.8. The second-order valence-corrected chi connectivity index (χ2v) is 7.31. The molecule has 2 aliphatic heterocycles. The minimum atomic E-state index is -0.420. The Labute approximate surface area is 182 Å². The van der Waals surface area contributed by atoms with Crippen LogP contribution >= 0.6 is 0 Å². The number of para-hydroxylation sites is 1. The third-order valence-corrected chi connectivity index (χ3v) is 5.17. The summed E-state index contributed by atoms with van der Waals surface area (Å²) in [6, 6.07) is 11.3. The average molecular weight is 436 g/mol. The van der Waals surface area contributed by atoms with Gasteiger partial charge in [0.05, 0.1) is 23.9 Å². The number of benzene rings is 2. The molecule has 0 aromatic heterocycles. The molecule has 9 heteroatoms. The molecule has 2 aromatic carbocycles. The molecule has 1 amide bonds. The van der Waals surface area contributed by atoms with Crippen molar-refractivity contribution in [1.29, 1.82) is 0 Å². The Morgan fingerprint density at radius 2 is 1.88 bits per heavy atom. The molecule has 4 rings (SSSR count). The number of carbonyl (C=O) groups excluding carboxylic acids is 2. The standard InChI is InChI=1S/C23H21FN4O4/c1-32-20(30)8-3-2-7-19(29)26-14-9-11-15(12-10-14)28-23(31)17-13-25-22-16(21(17)27-28)5-4-6-18(22)24/h4-6,9-13,25H,2-3,7-8H2,1H3,(H,26,29). The predicted molar refractivity (Wildman–Crippen MR) is 117 cm³/mol. The molecule has 0 aliphatic carbocycles. The molecule has 0 spiro atoms. The van der Waals surface area contributed by atoms with Crippen molar-refractivity contribution in [2.75, 3.05) is 12.4 Å². The predicted octanol–water partition coefficient (Wildman–Crippen LogP) is 3.63. The number of amides is 1. The van der Waals surface area contributed by atoms with Gasteiger partial charge in [-0.2, -0.15) is 9.78 Å². The van der Waals surface area contributed by atoms with E-state index in [1.807, 2.05) is 0 Å². The van der Waals surface area contributed by atoms with Gasteiger partial charge in [-0.15, -0.1) is 0 Å². The van der Waals surface area contributed by atoms with Gasteiger partial charge < -0.3 is 15.0 Å². The number of ether oxygens (including phenoxy) is 1. The van der Waals surface area contributed by atoms with Crippen LogP contribution in [0.15, 0.2) is 53.5 Å². The molecular weight excluding hydrogens is 415 g/mol. The molecule has 0 radical (unpaired) electrons. The molecule has 2 aromatic rings. The maximum Gasteiger partial charge on any atom is 0.305 e. The maximum absolute atomic E-state index is 14.0. The van der Waals surface area contributed by atoms with Crippen LogP contribution in [-0.4, -0.2) is 33.8 Å². The molecule has 0 atom stereocenters. The summed E-state index contributed by atoms with van der Waals surface area (Å²) in [5, 5.41) is 7.71. The first kappa shape index (κ1) is 21.2. The minimum absolute atomic E-state index is 0.166. The van der Waals surface area contributed by atoms with E-state index in [1.54, 1.807) is 36.4 Å². The fourth-order valence-electron chi connectivity index (χ4n) is 3.50. The van der Waals surface area contributed by atoms with Crippen molar-refractivity contribution in [2.24, 2.45) is 0 Å². The van der Waals surface area contributed by atoms with E-state index in [9.17, 15) is 18.8 Å². The van der Waals surface area contributed by atoms with Crippen molar-refractivity contribution >= 4 is 28.5 Å². The molecule has 2 aliphatic rings. The van der Waals surface area contributed by atoms with Crippen LogP contribution in [0.3, 0.4) is 0 Å². The van der Waals surface area contributed by atoms with Crippen molar-refractivity contribution in [3.05, 3.63) is 64.8 Å². The van der Waals surface area contributed by atoms with Gasteiger partial charge in [-0.3, -0.25) is 14.4 Å². The quantitative estimate of drug-likeness (QED) is 0.340. The van der Waals surface area contributed by atoms with Gasteiger partial charge in [-0.1, -0.05) is 12.1 Å². The SMILES string of the molecule is COC(=O)CCCCC(=O)Nc1ccc(-n2nc3c4cccc(F)c4[nH]cc-3c2=O)cc1. The van der Waals surface area contributed by atoms with Crippen LogP contribution < -0.4 is 10.9 Å². The number of hydrogen-bond donors (Lipinski definition) is 2. The zero-order chi connectivity index (χ0) is 22.7. The fraction of sp³-hybridized carbons (Fsp3) is 0.217. The lowest BCUT2D eigenvalue weighted by molar-refractivity contribution is -0.140. The van der Waals surface area contributed by atoms with Crippen molar-refractivity contribution < 1.29 is 18.7 Å². The number of H-pyrrole nitrogens is 1. The number of aromatic amines is 1.